The normalized spacial score (nSPS) is 27.7. The highest BCUT2D eigenvalue weighted by Gasteiger charge is 2.47. The van der Waals surface area contributed by atoms with E-state index in [4.69, 9.17) is 0 Å². The molecule has 0 bridgehead atoms. The van der Waals surface area contributed by atoms with Gasteiger partial charge in [-0.15, -0.1) is 0 Å². The highest BCUT2D eigenvalue weighted by atomic mass is 16.2. The average molecular weight is 168 g/mol. The number of amides is 1. The number of carbonyl (C=O) groups is 2. The third kappa shape index (κ3) is 0.948. The predicted octanol–water partition coefficient (Wildman–Crippen LogP) is -0.945. The van der Waals surface area contributed by atoms with Crippen LogP contribution < -0.4 is 10.6 Å². The van der Waals surface area contributed by atoms with Crippen molar-refractivity contribution >= 4 is 11.7 Å². The van der Waals surface area contributed by atoms with Crippen LogP contribution >= 0.6 is 0 Å². The van der Waals surface area contributed by atoms with Gasteiger partial charge in [-0.1, -0.05) is 0 Å². The summed E-state index contributed by atoms with van der Waals surface area (Å²) in [5, 5.41) is 5.79. The van der Waals surface area contributed by atoms with Crippen LogP contribution in [0.2, 0.25) is 0 Å². The Hall–Kier alpha value is -0.900. The van der Waals surface area contributed by atoms with E-state index in [0.717, 1.165) is 25.9 Å². The SMILES string of the molecule is O=C1NCC2(CCNCC2)C1=O. The zero-order valence-corrected chi connectivity index (χ0v) is 6.85. The van der Waals surface area contributed by atoms with E-state index in [-0.39, 0.29) is 11.2 Å². The zero-order valence-electron chi connectivity index (χ0n) is 6.85. The number of hydrogen-bond donors (Lipinski definition) is 2. The molecule has 0 unspecified atom stereocenters. The van der Waals surface area contributed by atoms with Crippen LogP contribution in [0.4, 0.5) is 0 Å². The summed E-state index contributed by atoms with van der Waals surface area (Å²) in [6.45, 7) is 2.24. The Balaban J connectivity index is 2.19. The van der Waals surface area contributed by atoms with Gasteiger partial charge in [-0.05, 0) is 25.9 Å². The van der Waals surface area contributed by atoms with Gasteiger partial charge in [0.25, 0.3) is 5.91 Å². The molecule has 4 nitrogen and oxygen atoms in total. The summed E-state index contributed by atoms with van der Waals surface area (Å²) < 4.78 is 0. The summed E-state index contributed by atoms with van der Waals surface area (Å²) in [6.07, 6.45) is 1.59. The molecule has 0 aromatic heterocycles. The molecule has 0 saturated carbocycles. The number of piperidine rings is 1. The fourth-order valence-electron chi connectivity index (χ4n) is 1.96. The van der Waals surface area contributed by atoms with Crippen LogP contribution in [0.1, 0.15) is 12.8 Å². The van der Waals surface area contributed by atoms with Crippen LogP contribution in [0.3, 0.4) is 0 Å². The van der Waals surface area contributed by atoms with Crippen LogP contribution in [0, 0.1) is 5.41 Å². The summed E-state index contributed by atoms with van der Waals surface area (Å²) in [6, 6.07) is 0. The fourth-order valence-corrected chi connectivity index (χ4v) is 1.96. The Morgan fingerprint density at radius 2 is 1.83 bits per heavy atom. The van der Waals surface area contributed by atoms with Crippen LogP contribution in [0.5, 0.6) is 0 Å². The average Bonchev–Trinajstić information content (AvgIpc) is 2.37. The topological polar surface area (TPSA) is 58.2 Å². The Kier molecular flexibility index (Phi) is 1.65. The van der Waals surface area contributed by atoms with Crippen LogP contribution in [0.15, 0.2) is 0 Å². The van der Waals surface area contributed by atoms with Gasteiger partial charge in [0.15, 0.2) is 0 Å². The molecule has 2 rings (SSSR count). The zero-order chi connectivity index (χ0) is 8.60. The van der Waals surface area contributed by atoms with Gasteiger partial charge in [-0.3, -0.25) is 9.59 Å². The summed E-state index contributed by atoms with van der Waals surface area (Å²) in [5.74, 6) is -0.596. The van der Waals surface area contributed by atoms with E-state index in [1.807, 2.05) is 0 Å². The van der Waals surface area contributed by atoms with Gasteiger partial charge in [0.2, 0.25) is 5.78 Å². The largest absolute Gasteiger partial charge is 0.348 e. The molecule has 12 heavy (non-hydrogen) atoms. The minimum Gasteiger partial charge on any atom is -0.348 e. The van der Waals surface area contributed by atoms with E-state index < -0.39 is 5.91 Å². The first-order chi connectivity index (χ1) is 5.75. The van der Waals surface area contributed by atoms with Crippen molar-refractivity contribution in [3.05, 3.63) is 0 Å². The van der Waals surface area contributed by atoms with Crippen LogP contribution in [-0.2, 0) is 9.59 Å². The Labute approximate surface area is 70.7 Å². The predicted molar refractivity (Wildman–Crippen MR) is 42.6 cm³/mol. The van der Waals surface area contributed by atoms with Crippen molar-refractivity contribution in [1.29, 1.82) is 0 Å². The molecule has 0 aliphatic carbocycles. The summed E-state index contributed by atoms with van der Waals surface area (Å²) >= 11 is 0. The lowest BCUT2D eigenvalue weighted by atomic mass is 9.77. The van der Waals surface area contributed by atoms with Gasteiger partial charge in [0.1, 0.15) is 0 Å². The van der Waals surface area contributed by atoms with Crippen molar-refractivity contribution < 1.29 is 9.59 Å². The Bertz CT molecular complexity index is 231. The second kappa shape index (κ2) is 2.55. The second-order valence-corrected chi connectivity index (χ2v) is 3.54. The van der Waals surface area contributed by atoms with Crippen molar-refractivity contribution in [2.75, 3.05) is 19.6 Å². The fraction of sp³-hybridized carbons (Fsp3) is 0.750. The third-order valence-electron chi connectivity index (χ3n) is 2.84. The van der Waals surface area contributed by atoms with Crippen LogP contribution in [-0.4, -0.2) is 31.3 Å². The van der Waals surface area contributed by atoms with E-state index in [0.29, 0.717) is 6.54 Å². The number of rotatable bonds is 0. The second-order valence-electron chi connectivity index (χ2n) is 3.54. The van der Waals surface area contributed by atoms with Crippen molar-refractivity contribution in [3.63, 3.8) is 0 Å². The first-order valence-corrected chi connectivity index (χ1v) is 4.28. The van der Waals surface area contributed by atoms with Crippen molar-refractivity contribution in [1.82, 2.24) is 10.6 Å². The number of nitrogens with one attached hydrogen (secondary N) is 2. The van der Waals surface area contributed by atoms with Gasteiger partial charge < -0.3 is 10.6 Å². The van der Waals surface area contributed by atoms with Gasteiger partial charge in [-0.25, -0.2) is 0 Å². The van der Waals surface area contributed by atoms with Gasteiger partial charge in [0.05, 0.1) is 5.41 Å². The number of ketones is 1. The summed E-state index contributed by atoms with van der Waals surface area (Å²) in [7, 11) is 0. The number of hydrogen-bond acceptors (Lipinski definition) is 3. The minimum absolute atomic E-state index is 0.205. The van der Waals surface area contributed by atoms with E-state index >= 15 is 0 Å². The summed E-state index contributed by atoms with van der Waals surface area (Å²) in [5.41, 5.74) is -0.359. The first kappa shape index (κ1) is 7.73. The van der Waals surface area contributed by atoms with Gasteiger partial charge in [0, 0.05) is 6.54 Å². The standard InChI is InChI=1S/C8H12N2O2/c11-6-7(12)10-5-8(6)1-3-9-4-2-8/h9H,1-5H2,(H,10,12). The molecule has 1 amide bonds. The van der Waals surface area contributed by atoms with Crippen LogP contribution in [0.25, 0.3) is 0 Å². The molecule has 2 heterocycles. The van der Waals surface area contributed by atoms with Gasteiger partial charge >= 0.3 is 0 Å². The molecular weight excluding hydrogens is 156 g/mol. The van der Waals surface area contributed by atoms with Crippen molar-refractivity contribution in [2.45, 2.75) is 12.8 Å². The molecule has 2 aliphatic rings. The molecule has 2 N–H and O–H groups in total. The lowest BCUT2D eigenvalue weighted by Gasteiger charge is -2.29. The monoisotopic (exact) mass is 168 g/mol. The maximum Gasteiger partial charge on any atom is 0.288 e. The van der Waals surface area contributed by atoms with E-state index in [9.17, 15) is 9.59 Å². The number of carbonyl (C=O) groups excluding carboxylic acids is 2. The smallest absolute Gasteiger partial charge is 0.288 e. The highest BCUT2D eigenvalue weighted by molar-refractivity contribution is 6.40. The lowest BCUT2D eigenvalue weighted by molar-refractivity contribution is -0.139. The van der Waals surface area contributed by atoms with E-state index in [1.54, 1.807) is 0 Å². The molecule has 66 valence electrons. The Morgan fingerprint density at radius 1 is 1.17 bits per heavy atom. The minimum atomic E-state index is -0.392. The molecule has 1 spiro atoms. The summed E-state index contributed by atoms with van der Waals surface area (Å²) in [4.78, 5) is 22.4. The molecule has 4 heteroatoms. The Morgan fingerprint density at radius 3 is 2.33 bits per heavy atom. The third-order valence-corrected chi connectivity index (χ3v) is 2.84. The van der Waals surface area contributed by atoms with Gasteiger partial charge in [-0.2, -0.15) is 0 Å². The van der Waals surface area contributed by atoms with Crippen molar-refractivity contribution in [2.24, 2.45) is 5.41 Å². The molecule has 2 aliphatic heterocycles. The maximum absolute atomic E-state index is 11.4. The number of Topliss-reactive ketones (excluding diaryl/α,β-unsaturated/α-hetero) is 1. The molecule has 0 aromatic rings. The molecule has 0 radical (unpaired) electrons. The molecule has 2 fully saturated rings. The lowest BCUT2D eigenvalue weighted by Crippen LogP contribution is -2.42. The quantitative estimate of drug-likeness (QED) is 0.459. The maximum atomic E-state index is 11.4. The molecule has 2 saturated heterocycles. The molecular formula is C8H12N2O2. The first-order valence-electron chi connectivity index (χ1n) is 4.28. The highest BCUT2D eigenvalue weighted by Crippen LogP contribution is 2.32. The molecule has 0 atom stereocenters. The molecule has 0 aromatic carbocycles. The van der Waals surface area contributed by atoms with E-state index in [2.05, 4.69) is 10.6 Å². The van der Waals surface area contributed by atoms with Crippen molar-refractivity contribution in [3.8, 4) is 0 Å². The van der Waals surface area contributed by atoms with E-state index in [1.165, 1.54) is 0 Å².